The van der Waals surface area contributed by atoms with E-state index in [0.717, 1.165) is 5.56 Å². The SMILES string of the molecule is CN(Cc1cccnc1)C(=O)c1[nH]ncc1N. The van der Waals surface area contributed by atoms with Crippen LogP contribution in [-0.4, -0.2) is 33.0 Å². The van der Waals surface area contributed by atoms with Gasteiger partial charge in [0.1, 0.15) is 5.69 Å². The van der Waals surface area contributed by atoms with Crippen LogP contribution in [0.4, 0.5) is 5.69 Å². The van der Waals surface area contributed by atoms with Gasteiger partial charge in [0.25, 0.3) is 5.91 Å². The smallest absolute Gasteiger partial charge is 0.274 e. The van der Waals surface area contributed by atoms with E-state index in [1.165, 1.54) is 6.20 Å². The molecule has 2 aromatic rings. The molecule has 0 fully saturated rings. The summed E-state index contributed by atoms with van der Waals surface area (Å²) in [7, 11) is 1.70. The highest BCUT2D eigenvalue weighted by atomic mass is 16.2. The van der Waals surface area contributed by atoms with Crippen LogP contribution in [-0.2, 0) is 6.54 Å². The Morgan fingerprint density at radius 3 is 2.94 bits per heavy atom. The van der Waals surface area contributed by atoms with Gasteiger partial charge in [0, 0.05) is 26.0 Å². The Balaban J connectivity index is 2.09. The van der Waals surface area contributed by atoms with Crippen molar-refractivity contribution in [3.8, 4) is 0 Å². The highest BCUT2D eigenvalue weighted by Crippen LogP contribution is 2.10. The molecule has 0 atom stereocenters. The molecule has 0 aliphatic heterocycles. The lowest BCUT2D eigenvalue weighted by atomic mass is 10.2. The van der Waals surface area contributed by atoms with E-state index >= 15 is 0 Å². The number of amides is 1. The van der Waals surface area contributed by atoms with Crippen LogP contribution >= 0.6 is 0 Å². The highest BCUT2D eigenvalue weighted by molar-refractivity contribution is 5.96. The summed E-state index contributed by atoms with van der Waals surface area (Å²) < 4.78 is 0. The number of hydrogen-bond donors (Lipinski definition) is 2. The largest absolute Gasteiger partial charge is 0.396 e. The predicted octanol–water partition coefficient (Wildman–Crippen LogP) is 0.659. The number of nitrogens with one attached hydrogen (secondary N) is 1. The Morgan fingerprint density at radius 2 is 2.35 bits per heavy atom. The lowest BCUT2D eigenvalue weighted by Gasteiger charge is -2.16. The number of anilines is 1. The number of carbonyl (C=O) groups is 1. The van der Waals surface area contributed by atoms with Gasteiger partial charge in [-0.1, -0.05) is 6.07 Å². The van der Waals surface area contributed by atoms with Gasteiger partial charge in [-0.3, -0.25) is 14.9 Å². The van der Waals surface area contributed by atoms with E-state index in [-0.39, 0.29) is 5.91 Å². The molecule has 0 aliphatic carbocycles. The average molecular weight is 231 g/mol. The highest BCUT2D eigenvalue weighted by Gasteiger charge is 2.16. The fraction of sp³-hybridized carbons (Fsp3) is 0.182. The normalized spacial score (nSPS) is 10.2. The van der Waals surface area contributed by atoms with Gasteiger partial charge < -0.3 is 10.6 Å². The Labute approximate surface area is 98.5 Å². The predicted molar refractivity (Wildman–Crippen MR) is 63.0 cm³/mol. The summed E-state index contributed by atoms with van der Waals surface area (Å²) in [6.07, 6.45) is 4.84. The minimum Gasteiger partial charge on any atom is -0.396 e. The van der Waals surface area contributed by atoms with Gasteiger partial charge in [-0.05, 0) is 11.6 Å². The first-order chi connectivity index (χ1) is 8.18. The molecule has 0 aliphatic rings. The van der Waals surface area contributed by atoms with Crippen molar-refractivity contribution in [3.05, 3.63) is 42.0 Å². The van der Waals surface area contributed by atoms with Crippen LogP contribution in [0.2, 0.25) is 0 Å². The molecule has 6 heteroatoms. The molecule has 2 heterocycles. The first-order valence-corrected chi connectivity index (χ1v) is 5.11. The van der Waals surface area contributed by atoms with E-state index in [1.54, 1.807) is 24.3 Å². The van der Waals surface area contributed by atoms with E-state index in [1.807, 2.05) is 12.1 Å². The summed E-state index contributed by atoms with van der Waals surface area (Å²) in [5.74, 6) is -0.191. The van der Waals surface area contributed by atoms with Crippen LogP contribution < -0.4 is 5.73 Å². The van der Waals surface area contributed by atoms with Gasteiger partial charge >= 0.3 is 0 Å². The molecule has 0 unspecified atom stereocenters. The van der Waals surface area contributed by atoms with Crippen molar-refractivity contribution in [1.29, 1.82) is 0 Å². The second-order valence-electron chi connectivity index (χ2n) is 3.72. The summed E-state index contributed by atoms with van der Waals surface area (Å²) in [5, 5.41) is 6.31. The average Bonchev–Trinajstić information content (AvgIpc) is 2.76. The standard InChI is InChI=1S/C11H13N5O/c1-16(7-8-3-2-4-13-5-8)11(17)10-9(12)6-14-15-10/h2-6H,7,12H2,1H3,(H,14,15). The van der Waals surface area contributed by atoms with Crippen molar-refractivity contribution >= 4 is 11.6 Å². The van der Waals surface area contributed by atoms with Crippen molar-refractivity contribution < 1.29 is 4.79 Å². The number of nitrogen functional groups attached to an aromatic ring is 1. The number of hydrogen-bond acceptors (Lipinski definition) is 4. The molecule has 0 saturated carbocycles. The summed E-state index contributed by atoms with van der Waals surface area (Å²) >= 11 is 0. The van der Waals surface area contributed by atoms with E-state index < -0.39 is 0 Å². The Morgan fingerprint density at radius 1 is 1.53 bits per heavy atom. The van der Waals surface area contributed by atoms with Crippen molar-refractivity contribution in [2.75, 3.05) is 12.8 Å². The number of pyridine rings is 1. The van der Waals surface area contributed by atoms with Crippen LogP contribution in [0, 0.1) is 0 Å². The van der Waals surface area contributed by atoms with Crippen molar-refractivity contribution in [3.63, 3.8) is 0 Å². The molecule has 0 spiro atoms. The fourth-order valence-electron chi connectivity index (χ4n) is 1.49. The summed E-state index contributed by atoms with van der Waals surface area (Å²) in [6, 6.07) is 3.74. The molecule has 0 aromatic carbocycles. The van der Waals surface area contributed by atoms with Crippen molar-refractivity contribution in [1.82, 2.24) is 20.1 Å². The second kappa shape index (κ2) is 4.65. The van der Waals surface area contributed by atoms with Gasteiger partial charge in [-0.15, -0.1) is 0 Å². The molecular weight excluding hydrogens is 218 g/mol. The van der Waals surface area contributed by atoms with Gasteiger partial charge in [-0.2, -0.15) is 5.10 Å². The molecule has 0 bridgehead atoms. The third-order valence-corrected chi connectivity index (χ3v) is 2.37. The van der Waals surface area contributed by atoms with E-state index in [0.29, 0.717) is 17.9 Å². The van der Waals surface area contributed by atoms with Crippen molar-refractivity contribution in [2.45, 2.75) is 6.54 Å². The van der Waals surface area contributed by atoms with Crippen LogP contribution in [0.15, 0.2) is 30.7 Å². The molecule has 0 saturated heterocycles. The first kappa shape index (κ1) is 11.1. The second-order valence-corrected chi connectivity index (χ2v) is 3.72. The first-order valence-electron chi connectivity index (χ1n) is 5.11. The van der Waals surface area contributed by atoms with Gasteiger partial charge in [0.15, 0.2) is 0 Å². The molecule has 3 N–H and O–H groups in total. The van der Waals surface area contributed by atoms with Gasteiger partial charge in [0.2, 0.25) is 0 Å². The summed E-state index contributed by atoms with van der Waals surface area (Å²) in [5.41, 5.74) is 7.25. The monoisotopic (exact) mass is 231 g/mol. The number of nitrogens with two attached hydrogens (primary N) is 1. The van der Waals surface area contributed by atoms with Gasteiger partial charge in [-0.25, -0.2) is 0 Å². The lowest BCUT2D eigenvalue weighted by Crippen LogP contribution is -2.27. The zero-order chi connectivity index (χ0) is 12.3. The number of nitrogens with zero attached hydrogens (tertiary/aromatic N) is 3. The minimum atomic E-state index is -0.191. The topological polar surface area (TPSA) is 87.9 Å². The zero-order valence-electron chi connectivity index (χ0n) is 9.42. The van der Waals surface area contributed by atoms with Crippen LogP contribution in [0.5, 0.6) is 0 Å². The number of rotatable bonds is 3. The summed E-state index contributed by atoms with van der Waals surface area (Å²) in [4.78, 5) is 17.5. The third-order valence-electron chi connectivity index (χ3n) is 2.37. The number of aromatic amines is 1. The van der Waals surface area contributed by atoms with Crippen LogP contribution in [0.3, 0.4) is 0 Å². The van der Waals surface area contributed by atoms with E-state index in [4.69, 9.17) is 5.73 Å². The minimum absolute atomic E-state index is 0.191. The number of H-pyrrole nitrogens is 1. The molecule has 2 rings (SSSR count). The molecule has 0 radical (unpaired) electrons. The quantitative estimate of drug-likeness (QED) is 0.812. The van der Waals surface area contributed by atoms with Crippen molar-refractivity contribution in [2.24, 2.45) is 0 Å². The van der Waals surface area contributed by atoms with Crippen LogP contribution in [0.25, 0.3) is 0 Å². The molecule has 6 nitrogen and oxygen atoms in total. The van der Waals surface area contributed by atoms with Gasteiger partial charge in [0.05, 0.1) is 11.9 Å². The lowest BCUT2D eigenvalue weighted by molar-refractivity contribution is 0.0780. The van der Waals surface area contributed by atoms with E-state index in [9.17, 15) is 4.79 Å². The van der Waals surface area contributed by atoms with Crippen LogP contribution in [0.1, 0.15) is 16.1 Å². The fourth-order valence-corrected chi connectivity index (χ4v) is 1.49. The maximum atomic E-state index is 12.0. The molecule has 88 valence electrons. The molecule has 2 aromatic heterocycles. The van der Waals surface area contributed by atoms with E-state index in [2.05, 4.69) is 15.2 Å². The molecule has 1 amide bonds. The molecule has 17 heavy (non-hydrogen) atoms. The number of aromatic nitrogens is 3. The maximum absolute atomic E-state index is 12.0. The zero-order valence-corrected chi connectivity index (χ0v) is 9.42. The molecular formula is C11H13N5O. The Kier molecular flexibility index (Phi) is 3.04. The Bertz CT molecular complexity index is 508. The maximum Gasteiger partial charge on any atom is 0.274 e. The number of carbonyl (C=O) groups excluding carboxylic acids is 1. The third kappa shape index (κ3) is 2.41. The Hall–Kier alpha value is -2.37. The summed E-state index contributed by atoms with van der Waals surface area (Å²) in [6.45, 7) is 0.477.